The molecule has 2 N–H and O–H groups in total. The van der Waals surface area contributed by atoms with Crippen LogP contribution in [-0.4, -0.2) is 46.8 Å². The molecule has 1 aliphatic heterocycles. The quantitative estimate of drug-likeness (QED) is 0.809. The minimum Gasteiger partial charge on any atom is -0.395 e. The lowest BCUT2D eigenvalue weighted by Crippen LogP contribution is -2.44. The van der Waals surface area contributed by atoms with Crippen molar-refractivity contribution in [2.24, 2.45) is 5.92 Å². The lowest BCUT2D eigenvalue weighted by atomic mass is 9.96. The predicted octanol–water partition coefficient (Wildman–Crippen LogP) is 1.32. The number of nitrogens with zero attached hydrogens (tertiary/aromatic N) is 1. The summed E-state index contributed by atoms with van der Waals surface area (Å²) in [5, 5.41) is 20.2. The highest BCUT2D eigenvalue weighted by atomic mass is 32.1. The molecule has 2 atom stereocenters. The van der Waals surface area contributed by atoms with E-state index in [1.165, 1.54) is 11.3 Å². The molecule has 1 amide bonds. The van der Waals surface area contributed by atoms with E-state index in [0.29, 0.717) is 31.5 Å². The maximum Gasteiger partial charge on any atom is 0.254 e. The van der Waals surface area contributed by atoms with E-state index in [0.717, 1.165) is 4.88 Å². The van der Waals surface area contributed by atoms with Crippen LogP contribution in [0.5, 0.6) is 0 Å². The molecule has 0 spiro atoms. The minimum atomic E-state index is -0.304. The highest BCUT2D eigenvalue weighted by molar-refractivity contribution is 7.10. The smallest absolute Gasteiger partial charge is 0.254 e. The van der Waals surface area contributed by atoms with E-state index in [9.17, 15) is 9.90 Å². The van der Waals surface area contributed by atoms with Crippen molar-refractivity contribution in [1.29, 1.82) is 0 Å². The van der Waals surface area contributed by atoms with Gasteiger partial charge in [0.1, 0.15) is 0 Å². The Morgan fingerprint density at radius 1 is 1.60 bits per heavy atom. The van der Waals surface area contributed by atoms with Gasteiger partial charge in [0.05, 0.1) is 23.2 Å². The second kappa shape index (κ2) is 6.89. The van der Waals surface area contributed by atoms with Gasteiger partial charge in [0, 0.05) is 24.9 Å². The van der Waals surface area contributed by atoms with Gasteiger partial charge in [-0.05, 0) is 18.4 Å². The third kappa shape index (κ3) is 3.60. The van der Waals surface area contributed by atoms with Gasteiger partial charge in [0.2, 0.25) is 0 Å². The van der Waals surface area contributed by atoms with Crippen molar-refractivity contribution < 1.29 is 15.0 Å². The highest BCUT2D eigenvalue weighted by Gasteiger charge is 2.28. The lowest BCUT2D eigenvalue weighted by Gasteiger charge is -2.34. The summed E-state index contributed by atoms with van der Waals surface area (Å²) in [5.41, 5.74) is 0.659. The van der Waals surface area contributed by atoms with E-state index in [-0.39, 0.29) is 24.5 Å². The van der Waals surface area contributed by atoms with E-state index in [4.69, 9.17) is 5.11 Å². The second-order valence-electron chi connectivity index (χ2n) is 5.06. The van der Waals surface area contributed by atoms with Crippen LogP contribution in [0.4, 0.5) is 0 Å². The highest BCUT2D eigenvalue weighted by Crippen LogP contribution is 2.21. The Hall–Kier alpha value is -1.35. The van der Waals surface area contributed by atoms with Crippen LogP contribution in [0.3, 0.4) is 0 Å². The number of carbonyl (C=O) groups excluding carboxylic acids is 1. The van der Waals surface area contributed by atoms with Crippen molar-refractivity contribution in [1.82, 2.24) is 4.90 Å². The SMILES string of the molecule is CC1CN(C(=O)c2csc(C#CCCO)c2)CCC1O. The molecule has 1 saturated heterocycles. The molecule has 0 aromatic carbocycles. The van der Waals surface area contributed by atoms with Gasteiger partial charge in [-0.2, -0.15) is 0 Å². The molecule has 0 aliphatic carbocycles. The Morgan fingerprint density at radius 2 is 2.40 bits per heavy atom. The van der Waals surface area contributed by atoms with E-state index >= 15 is 0 Å². The number of piperidine rings is 1. The summed E-state index contributed by atoms with van der Waals surface area (Å²) in [7, 11) is 0. The molecule has 108 valence electrons. The van der Waals surface area contributed by atoms with E-state index in [1.54, 1.807) is 11.0 Å². The van der Waals surface area contributed by atoms with Crippen LogP contribution in [0.2, 0.25) is 0 Å². The van der Waals surface area contributed by atoms with Crippen LogP contribution in [-0.2, 0) is 0 Å². The Morgan fingerprint density at radius 3 is 3.10 bits per heavy atom. The summed E-state index contributed by atoms with van der Waals surface area (Å²) in [6.07, 6.45) is 0.782. The maximum absolute atomic E-state index is 12.4. The number of aliphatic hydroxyl groups is 2. The number of hydrogen-bond acceptors (Lipinski definition) is 4. The molecular weight excluding hydrogens is 274 g/mol. The van der Waals surface area contributed by atoms with Gasteiger partial charge in [-0.25, -0.2) is 0 Å². The number of aliphatic hydroxyl groups excluding tert-OH is 2. The molecular formula is C15H19NO3S. The first-order valence-electron chi connectivity index (χ1n) is 6.77. The summed E-state index contributed by atoms with van der Waals surface area (Å²) in [6, 6.07) is 1.80. The molecule has 0 saturated carbocycles. The van der Waals surface area contributed by atoms with Gasteiger partial charge >= 0.3 is 0 Å². The Bertz CT molecular complexity index is 529. The molecule has 2 rings (SSSR count). The fourth-order valence-corrected chi connectivity index (χ4v) is 2.97. The van der Waals surface area contributed by atoms with Gasteiger partial charge in [0.15, 0.2) is 0 Å². The summed E-state index contributed by atoms with van der Waals surface area (Å²) >= 11 is 1.44. The first kappa shape index (κ1) is 15.0. The normalized spacial score (nSPS) is 22.2. The van der Waals surface area contributed by atoms with Crippen molar-refractivity contribution in [3.63, 3.8) is 0 Å². The number of thiophene rings is 1. The number of likely N-dealkylation sites (tertiary alicyclic amines) is 1. The largest absolute Gasteiger partial charge is 0.395 e. The van der Waals surface area contributed by atoms with Crippen molar-refractivity contribution in [3.05, 3.63) is 21.9 Å². The summed E-state index contributed by atoms with van der Waals surface area (Å²) in [5.74, 6) is 5.92. The zero-order chi connectivity index (χ0) is 14.5. The summed E-state index contributed by atoms with van der Waals surface area (Å²) in [4.78, 5) is 15.0. The Labute approximate surface area is 123 Å². The minimum absolute atomic E-state index is 0.00945. The van der Waals surface area contributed by atoms with Crippen molar-refractivity contribution in [2.75, 3.05) is 19.7 Å². The van der Waals surface area contributed by atoms with Gasteiger partial charge < -0.3 is 15.1 Å². The zero-order valence-electron chi connectivity index (χ0n) is 11.5. The summed E-state index contributed by atoms with van der Waals surface area (Å²) in [6.45, 7) is 3.22. The molecule has 1 aliphatic rings. The van der Waals surface area contributed by atoms with E-state index < -0.39 is 0 Å². The monoisotopic (exact) mass is 293 g/mol. The lowest BCUT2D eigenvalue weighted by molar-refractivity contribution is 0.0298. The molecule has 5 heteroatoms. The van der Waals surface area contributed by atoms with E-state index in [2.05, 4.69) is 11.8 Å². The van der Waals surface area contributed by atoms with Gasteiger partial charge in [-0.15, -0.1) is 11.3 Å². The van der Waals surface area contributed by atoms with Gasteiger partial charge in [-0.1, -0.05) is 18.8 Å². The summed E-state index contributed by atoms with van der Waals surface area (Å²) < 4.78 is 0. The van der Waals surface area contributed by atoms with Crippen LogP contribution in [0.15, 0.2) is 11.4 Å². The molecule has 4 nitrogen and oxygen atoms in total. The Balaban J connectivity index is 2.01. The maximum atomic E-state index is 12.4. The first-order valence-corrected chi connectivity index (χ1v) is 7.65. The van der Waals surface area contributed by atoms with Crippen LogP contribution < -0.4 is 0 Å². The van der Waals surface area contributed by atoms with Crippen molar-refractivity contribution in [2.45, 2.75) is 25.9 Å². The van der Waals surface area contributed by atoms with Gasteiger partial charge in [-0.3, -0.25) is 4.79 Å². The van der Waals surface area contributed by atoms with Crippen LogP contribution in [0.25, 0.3) is 0 Å². The number of rotatable bonds is 2. The molecule has 2 heterocycles. The Kier molecular flexibility index (Phi) is 5.18. The average molecular weight is 293 g/mol. The number of carbonyl (C=O) groups is 1. The molecule has 2 unspecified atom stereocenters. The fraction of sp³-hybridized carbons (Fsp3) is 0.533. The molecule has 1 aromatic rings. The molecule has 1 fully saturated rings. The number of hydrogen-bond donors (Lipinski definition) is 2. The topological polar surface area (TPSA) is 60.8 Å². The van der Waals surface area contributed by atoms with Crippen LogP contribution in [0, 0.1) is 17.8 Å². The third-order valence-electron chi connectivity index (χ3n) is 3.44. The van der Waals surface area contributed by atoms with Crippen molar-refractivity contribution in [3.8, 4) is 11.8 Å². The standard InChI is InChI=1S/C15H19NO3S/c1-11-9-16(6-5-14(11)18)15(19)12-8-13(20-10-12)4-2-3-7-17/h8,10-11,14,17-18H,3,5-7,9H2,1H3. The molecule has 20 heavy (non-hydrogen) atoms. The van der Waals surface area contributed by atoms with Crippen LogP contribution >= 0.6 is 11.3 Å². The second-order valence-corrected chi connectivity index (χ2v) is 5.97. The average Bonchev–Trinajstić information content (AvgIpc) is 2.90. The molecule has 1 aromatic heterocycles. The predicted molar refractivity (Wildman–Crippen MR) is 78.6 cm³/mol. The molecule has 0 radical (unpaired) electrons. The first-order chi connectivity index (χ1) is 9.61. The van der Waals surface area contributed by atoms with E-state index in [1.807, 2.05) is 12.3 Å². The van der Waals surface area contributed by atoms with Crippen molar-refractivity contribution >= 4 is 17.2 Å². The number of amides is 1. The zero-order valence-corrected chi connectivity index (χ0v) is 12.3. The fourth-order valence-electron chi connectivity index (χ4n) is 2.22. The van der Waals surface area contributed by atoms with Gasteiger partial charge in [0.25, 0.3) is 5.91 Å². The molecule has 0 bridgehead atoms. The van der Waals surface area contributed by atoms with Crippen LogP contribution in [0.1, 0.15) is 35.0 Å². The third-order valence-corrected chi connectivity index (χ3v) is 4.29.